The molecular formula is C16H32N4O. The molecule has 0 bridgehead atoms. The van der Waals surface area contributed by atoms with E-state index in [2.05, 4.69) is 18.7 Å². The fraction of sp³-hybridized carbons (Fsp3) is 0.938. The van der Waals surface area contributed by atoms with E-state index in [4.69, 9.17) is 5.73 Å². The lowest BCUT2D eigenvalue weighted by molar-refractivity contribution is 0.0812. The largest absolute Gasteiger partial charge is 0.330 e. The van der Waals surface area contributed by atoms with Crippen LogP contribution < -0.4 is 5.73 Å². The Morgan fingerprint density at radius 1 is 1.10 bits per heavy atom. The Bertz CT molecular complexity index is 320. The molecule has 21 heavy (non-hydrogen) atoms. The normalized spacial score (nSPS) is 23.4. The van der Waals surface area contributed by atoms with Gasteiger partial charge in [0, 0.05) is 45.3 Å². The number of rotatable bonds is 4. The molecule has 2 saturated heterocycles. The van der Waals surface area contributed by atoms with Crippen molar-refractivity contribution in [3.05, 3.63) is 0 Å². The van der Waals surface area contributed by atoms with Gasteiger partial charge in [0.2, 0.25) is 0 Å². The second-order valence-corrected chi connectivity index (χ2v) is 6.61. The molecule has 1 atom stereocenters. The van der Waals surface area contributed by atoms with E-state index in [-0.39, 0.29) is 6.03 Å². The lowest BCUT2D eigenvalue weighted by Gasteiger charge is -2.41. The molecule has 2 heterocycles. The van der Waals surface area contributed by atoms with Gasteiger partial charge in [-0.1, -0.05) is 13.8 Å². The Hall–Kier alpha value is -0.810. The fourth-order valence-electron chi connectivity index (χ4n) is 3.52. The summed E-state index contributed by atoms with van der Waals surface area (Å²) in [6.07, 6.45) is 4.52. The summed E-state index contributed by atoms with van der Waals surface area (Å²) in [4.78, 5) is 19.1. The fourth-order valence-corrected chi connectivity index (χ4v) is 3.52. The summed E-state index contributed by atoms with van der Waals surface area (Å²) in [5, 5.41) is 0. The standard InChI is InChI=1S/C16H32N4O/c1-3-15(4-7-17)18-10-12-20(13-11-18)16(21)19-8-5-14(2)6-9-19/h14-15H,3-13,17H2,1-2H3. The topological polar surface area (TPSA) is 52.8 Å². The Labute approximate surface area is 129 Å². The summed E-state index contributed by atoms with van der Waals surface area (Å²) in [5.41, 5.74) is 5.70. The van der Waals surface area contributed by atoms with E-state index in [1.807, 2.05) is 9.80 Å². The average Bonchev–Trinajstić information content (AvgIpc) is 2.53. The van der Waals surface area contributed by atoms with E-state index in [0.29, 0.717) is 6.04 Å². The van der Waals surface area contributed by atoms with Crippen LogP contribution in [0, 0.1) is 5.92 Å². The third kappa shape index (κ3) is 4.33. The highest BCUT2D eigenvalue weighted by Crippen LogP contribution is 2.19. The number of hydrogen-bond donors (Lipinski definition) is 1. The molecule has 2 N–H and O–H groups in total. The third-order valence-electron chi connectivity index (χ3n) is 5.13. The van der Waals surface area contributed by atoms with Gasteiger partial charge in [0.1, 0.15) is 0 Å². The Morgan fingerprint density at radius 2 is 1.67 bits per heavy atom. The molecule has 2 aliphatic heterocycles. The molecule has 0 spiro atoms. The molecule has 0 aromatic carbocycles. The molecule has 5 nitrogen and oxygen atoms in total. The van der Waals surface area contributed by atoms with Gasteiger partial charge in [0.05, 0.1) is 0 Å². The van der Waals surface area contributed by atoms with Crippen molar-refractivity contribution in [1.82, 2.24) is 14.7 Å². The van der Waals surface area contributed by atoms with E-state index in [1.165, 1.54) is 0 Å². The number of urea groups is 1. The molecule has 2 amide bonds. The lowest BCUT2D eigenvalue weighted by atomic mass is 9.99. The number of hydrogen-bond acceptors (Lipinski definition) is 3. The van der Waals surface area contributed by atoms with Gasteiger partial charge in [0.25, 0.3) is 0 Å². The zero-order valence-corrected chi connectivity index (χ0v) is 13.8. The highest BCUT2D eigenvalue weighted by atomic mass is 16.2. The molecule has 0 saturated carbocycles. The van der Waals surface area contributed by atoms with Gasteiger partial charge in [-0.05, 0) is 38.1 Å². The van der Waals surface area contributed by atoms with Crippen LogP contribution in [0.25, 0.3) is 0 Å². The van der Waals surface area contributed by atoms with Crippen LogP contribution in [0.5, 0.6) is 0 Å². The first-order valence-electron chi connectivity index (χ1n) is 8.63. The zero-order valence-electron chi connectivity index (χ0n) is 13.8. The van der Waals surface area contributed by atoms with Gasteiger partial charge < -0.3 is 15.5 Å². The van der Waals surface area contributed by atoms with Crippen LogP contribution >= 0.6 is 0 Å². The molecular weight excluding hydrogens is 264 g/mol. The van der Waals surface area contributed by atoms with Crippen molar-refractivity contribution < 1.29 is 4.79 Å². The first-order valence-corrected chi connectivity index (χ1v) is 8.63. The molecule has 0 radical (unpaired) electrons. The summed E-state index contributed by atoms with van der Waals surface area (Å²) < 4.78 is 0. The molecule has 5 heteroatoms. The van der Waals surface area contributed by atoms with Gasteiger partial charge in [-0.25, -0.2) is 4.79 Å². The summed E-state index contributed by atoms with van der Waals surface area (Å²) >= 11 is 0. The second kappa shape index (κ2) is 7.99. The molecule has 0 aromatic rings. The van der Waals surface area contributed by atoms with Crippen LogP contribution in [0.15, 0.2) is 0 Å². The highest BCUT2D eigenvalue weighted by Gasteiger charge is 2.29. The van der Waals surface area contributed by atoms with Crippen molar-refractivity contribution in [2.45, 2.75) is 45.6 Å². The monoisotopic (exact) mass is 296 g/mol. The van der Waals surface area contributed by atoms with Crippen LogP contribution in [-0.2, 0) is 0 Å². The number of amides is 2. The Kier molecular flexibility index (Phi) is 6.30. The quantitative estimate of drug-likeness (QED) is 0.857. The van der Waals surface area contributed by atoms with Crippen molar-refractivity contribution in [3.63, 3.8) is 0 Å². The highest BCUT2D eigenvalue weighted by molar-refractivity contribution is 5.74. The van der Waals surface area contributed by atoms with E-state index < -0.39 is 0 Å². The smallest absolute Gasteiger partial charge is 0.320 e. The average molecular weight is 296 g/mol. The maximum absolute atomic E-state index is 12.5. The van der Waals surface area contributed by atoms with Crippen LogP contribution in [-0.4, -0.2) is 72.6 Å². The molecule has 2 rings (SSSR count). The first-order chi connectivity index (χ1) is 10.2. The number of nitrogens with zero attached hydrogens (tertiary/aromatic N) is 3. The van der Waals surface area contributed by atoms with Crippen LogP contribution in [0.4, 0.5) is 4.79 Å². The number of carbonyl (C=O) groups excluding carboxylic acids is 1. The lowest BCUT2D eigenvalue weighted by Crippen LogP contribution is -2.55. The minimum atomic E-state index is 0.258. The minimum absolute atomic E-state index is 0.258. The molecule has 122 valence electrons. The second-order valence-electron chi connectivity index (χ2n) is 6.61. The van der Waals surface area contributed by atoms with E-state index in [9.17, 15) is 4.79 Å². The van der Waals surface area contributed by atoms with Gasteiger partial charge in [0.15, 0.2) is 0 Å². The van der Waals surface area contributed by atoms with E-state index in [0.717, 1.165) is 77.4 Å². The Morgan fingerprint density at radius 3 is 2.19 bits per heavy atom. The van der Waals surface area contributed by atoms with E-state index >= 15 is 0 Å². The van der Waals surface area contributed by atoms with Gasteiger partial charge in [-0.15, -0.1) is 0 Å². The molecule has 0 aliphatic carbocycles. The third-order valence-corrected chi connectivity index (χ3v) is 5.13. The predicted molar refractivity (Wildman–Crippen MR) is 86.3 cm³/mol. The summed E-state index contributed by atoms with van der Waals surface area (Å²) in [5.74, 6) is 0.771. The number of piperazine rings is 1. The van der Waals surface area contributed by atoms with Crippen molar-refractivity contribution in [2.24, 2.45) is 11.7 Å². The van der Waals surface area contributed by atoms with Crippen LogP contribution in [0.1, 0.15) is 39.5 Å². The van der Waals surface area contributed by atoms with Crippen LogP contribution in [0.2, 0.25) is 0 Å². The molecule has 2 fully saturated rings. The summed E-state index contributed by atoms with van der Waals surface area (Å²) in [7, 11) is 0. The van der Waals surface area contributed by atoms with Gasteiger partial charge in [-0.2, -0.15) is 0 Å². The van der Waals surface area contributed by atoms with Crippen LogP contribution in [0.3, 0.4) is 0 Å². The van der Waals surface area contributed by atoms with Gasteiger partial charge >= 0.3 is 6.03 Å². The summed E-state index contributed by atoms with van der Waals surface area (Å²) in [6.45, 7) is 10.9. The maximum atomic E-state index is 12.5. The Balaban J connectivity index is 1.79. The number of carbonyl (C=O) groups is 1. The zero-order chi connectivity index (χ0) is 15.2. The SMILES string of the molecule is CCC(CCN)N1CCN(C(=O)N2CCC(C)CC2)CC1. The minimum Gasteiger partial charge on any atom is -0.330 e. The molecule has 0 aromatic heterocycles. The number of nitrogens with two attached hydrogens (primary N) is 1. The van der Waals surface area contributed by atoms with Crippen molar-refractivity contribution in [2.75, 3.05) is 45.8 Å². The van der Waals surface area contributed by atoms with Crippen molar-refractivity contribution >= 4 is 6.03 Å². The number of piperidine rings is 1. The molecule has 1 unspecified atom stereocenters. The van der Waals surface area contributed by atoms with E-state index in [1.54, 1.807) is 0 Å². The summed E-state index contributed by atoms with van der Waals surface area (Å²) in [6, 6.07) is 0.844. The van der Waals surface area contributed by atoms with Crippen molar-refractivity contribution in [1.29, 1.82) is 0 Å². The predicted octanol–water partition coefficient (Wildman–Crippen LogP) is 1.58. The van der Waals surface area contributed by atoms with Crippen molar-refractivity contribution in [3.8, 4) is 0 Å². The maximum Gasteiger partial charge on any atom is 0.320 e. The first kappa shape index (κ1) is 16.6. The molecule has 2 aliphatic rings. The van der Waals surface area contributed by atoms with Gasteiger partial charge in [-0.3, -0.25) is 4.90 Å². The number of likely N-dealkylation sites (tertiary alicyclic amines) is 1.